The van der Waals surface area contributed by atoms with Crippen LogP contribution >= 0.6 is 23.2 Å². The number of esters is 1. The number of carbonyl (C=O) groups excluding carboxylic acids is 1. The maximum Gasteiger partial charge on any atom is 0.305 e. The van der Waals surface area contributed by atoms with E-state index in [4.69, 9.17) is 23.2 Å². The molecule has 19 heavy (non-hydrogen) atoms. The molecule has 0 aliphatic carbocycles. The molecule has 2 rings (SSSR count). The van der Waals surface area contributed by atoms with Crippen LogP contribution in [0.2, 0.25) is 10.0 Å². The number of hydrogen-bond donors (Lipinski definition) is 0. The molecule has 0 aliphatic rings. The van der Waals surface area contributed by atoms with E-state index in [1.54, 1.807) is 12.1 Å². The monoisotopic (exact) mass is 297 g/mol. The molecule has 100 valence electrons. The third-order valence-corrected chi connectivity index (χ3v) is 3.39. The van der Waals surface area contributed by atoms with Crippen molar-refractivity contribution in [2.45, 2.75) is 19.8 Å². The third-order valence-electron chi connectivity index (χ3n) is 2.86. The van der Waals surface area contributed by atoms with Gasteiger partial charge in [0.05, 0.1) is 17.6 Å². The zero-order chi connectivity index (χ0) is 14.0. The van der Waals surface area contributed by atoms with Crippen molar-refractivity contribution in [3.05, 3.63) is 39.5 Å². The van der Waals surface area contributed by atoms with Gasteiger partial charge >= 0.3 is 5.97 Å². The van der Waals surface area contributed by atoms with Crippen molar-refractivity contribution < 1.29 is 9.53 Å². The standard InChI is InChI=1S/C14H13Cl2NO2/c1-8-5-12(16)11-7-10(15)6-9(14(11)17-8)3-4-13(18)19-2/h5-7H,3-4H2,1-2H3. The molecule has 0 saturated heterocycles. The Morgan fingerprint density at radius 2 is 2.05 bits per heavy atom. The Bertz CT molecular complexity index is 641. The Hall–Kier alpha value is -1.32. The molecule has 0 spiro atoms. The molecule has 0 bridgehead atoms. The first-order chi connectivity index (χ1) is 9.01. The minimum absolute atomic E-state index is 0.258. The van der Waals surface area contributed by atoms with E-state index in [9.17, 15) is 4.79 Å². The second-order valence-corrected chi connectivity index (χ2v) is 5.13. The summed E-state index contributed by atoms with van der Waals surface area (Å²) in [5.41, 5.74) is 2.52. The fourth-order valence-corrected chi connectivity index (χ4v) is 2.51. The number of methoxy groups -OCH3 is 1. The zero-order valence-corrected chi connectivity index (χ0v) is 12.2. The second-order valence-electron chi connectivity index (χ2n) is 4.28. The Morgan fingerprint density at radius 1 is 1.32 bits per heavy atom. The molecule has 2 aromatic rings. The van der Waals surface area contributed by atoms with Gasteiger partial charge in [-0.15, -0.1) is 0 Å². The number of fused-ring (bicyclic) bond motifs is 1. The van der Waals surface area contributed by atoms with Crippen LogP contribution in [-0.4, -0.2) is 18.1 Å². The normalized spacial score (nSPS) is 10.7. The van der Waals surface area contributed by atoms with E-state index in [2.05, 4.69) is 9.72 Å². The van der Waals surface area contributed by atoms with Crippen LogP contribution in [0.25, 0.3) is 10.9 Å². The Morgan fingerprint density at radius 3 is 2.74 bits per heavy atom. The van der Waals surface area contributed by atoms with E-state index in [0.29, 0.717) is 22.9 Å². The maximum absolute atomic E-state index is 11.2. The molecule has 0 N–H and O–H groups in total. The quantitative estimate of drug-likeness (QED) is 0.805. The fourth-order valence-electron chi connectivity index (χ4n) is 1.97. The van der Waals surface area contributed by atoms with Gasteiger partial charge in [0, 0.05) is 22.5 Å². The number of hydrogen-bond acceptors (Lipinski definition) is 3. The van der Waals surface area contributed by atoms with Crippen molar-refractivity contribution in [2.24, 2.45) is 0 Å². The van der Waals surface area contributed by atoms with Crippen molar-refractivity contribution in [3.63, 3.8) is 0 Å². The lowest BCUT2D eigenvalue weighted by Crippen LogP contribution is -2.03. The highest BCUT2D eigenvalue weighted by Crippen LogP contribution is 2.29. The molecule has 1 heterocycles. The van der Waals surface area contributed by atoms with Crippen LogP contribution in [-0.2, 0) is 16.0 Å². The SMILES string of the molecule is COC(=O)CCc1cc(Cl)cc2c(Cl)cc(C)nc12. The van der Waals surface area contributed by atoms with Gasteiger partial charge in [-0.05, 0) is 37.1 Å². The summed E-state index contributed by atoms with van der Waals surface area (Å²) >= 11 is 12.3. The number of benzene rings is 1. The predicted molar refractivity (Wildman–Crippen MR) is 76.8 cm³/mol. The number of aryl methyl sites for hydroxylation is 2. The highest BCUT2D eigenvalue weighted by Gasteiger charge is 2.11. The molecule has 1 aromatic carbocycles. The molecule has 0 atom stereocenters. The number of halogens is 2. The van der Waals surface area contributed by atoms with E-state index in [1.165, 1.54) is 7.11 Å². The fraction of sp³-hybridized carbons (Fsp3) is 0.286. The van der Waals surface area contributed by atoms with Crippen LogP contribution in [0.15, 0.2) is 18.2 Å². The summed E-state index contributed by atoms with van der Waals surface area (Å²) in [7, 11) is 1.37. The van der Waals surface area contributed by atoms with Crippen LogP contribution in [0.4, 0.5) is 0 Å². The van der Waals surface area contributed by atoms with Crippen molar-refractivity contribution >= 4 is 40.1 Å². The smallest absolute Gasteiger partial charge is 0.305 e. The van der Waals surface area contributed by atoms with Gasteiger partial charge in [-0.2, -0.15) is 0 Å². The maximum atomic E-state index is 11.2. The van der Waals surface area contributed by atoms with E-state index < -0.39 is 0 Å². The van der Waals surface area contributed by atoms with Crippen molar-refractivity contribution in [1.82, 2.24) is 4.98 Å². The van der Waals surface area contributed by atoms with Gasteiger partial charge < -0.3 is 4.74 Å². The minimum atomic E-state index is -0.258. The Labute approximate surface area is 121 Å². The number of ether oxygens (including phenoxy) is 1. The molecular weight excluding hydrogens is 285 g/mol. The first-order valence-corrected chi connectivity index (χ1v) is 6.59. The molecule has 0 saturated carbocycles. The van der Waals surface area contributed by atoms with Crippen molar-refractivity contribution in [2.75, 3.05) is 7.11 Å². The Balaban J connectivity index is 2.50. The topological polar surface area (TPSA) is 39.2 Å². The average molecular weight is 298 g/mol. The van der Waals surface area contributed by atoms with Crippen LogP contribution in [0, 0.1) is 6.92 Å². The number of pyridine rings is 1. The van der Waals surface area contributed by atoms with Crippen LogP contribution in [0.1, 0.15) is 17.7 Å². The van der Waals surface area contributed by atoms with Gasteiger partial charge in [-0.1, -0.05) is 23.2 Å². The van der Waals surface area contributed by atoms with Gasteiger partial charge in [0.25, 0.3) is 0 Å². The summed E-state index contributed by atoms with van der Waals surface area (Å²) in [6.07, 6.45) is 0.815. The minimum Gasteiger partial charge on any atom is -0.469 e. The first-order valence-electron chi connectivity index (χ1n) is 5.83. The molecule has 5 heteroatoms. The number of aromatic nitrogens is 1. The zero-order valence-electron chi connectivity index (χ0n) is 10.7. The van der Waals surface area contributed by atoms with Crippen LogP contribution in [0.5, 0.6) is 0 Å². The third kappa shape index (κ3) is 3.17. The molecule has 0 unspecified atom stereocenters. The lowest BCUT2D eigenvalue weighted by molar-refractivity contribution is -0.140. The lowest BCUT2D eigenvalue weighted by Gasteiger charge is -2.09. The number of nitrogens with zero attached hydrogens (tertiary/aromatic N) is 1. The highest BCUT2D eigenvalue weighted by atomic mass is 35.5. The molecule has 0 amide bonds. The summed E-state index contributed by atoms with van der Waals surface area (Å²) < 4.78 is 4.64. The first kappa shape index (κ1) is 14.1. The molecular formula is C14H13Cl2NO2. The van der Waals surface area contributed by atoms with E-state index in [1.807, 2.05) is 13.0 Å². The van der Waals surface area contributed by atoms with Crippen molar-refractivity contribution in [1.29, 1.82) is 0 Å². The van der Waals surface area contributed by atoms with Gasteiger partial charge in [-0.25, -0.2) is 0 Å². The van der Waals surface area contributed by atoms with E-state index >= 15 is 0 Å². The van der Waals surface area contributed by atoms with Crippen LogP contribution < -0.4 is 0 Å². The van der Waals surface area contributed by atoms with Gasteiger partial charge in [-0.3, -0.25) is 9.78 Å². The summed E-state index contributed by atoms with van der Waals surface area (Å²) in [6, 6.07) is 5.40. The number of carbonyl (C=O) groups is 1. The summed E-state index contributed by atoms with van der Waals surface area (Å²) in [5.74, 6) is -0.258. The predicted octanol–water partition coefficient (Wildman–Crippen LogP) is 3.96. The van der Waals surface area contributed by atoms with Crippen LogP contribution in [0.3, 0.4) is 0 Å². The van der Waals surface area contributed by atoms with Crippen molar-refractivity contribution in [3.8, 4) is 0 Å². The van der Waals surface area contributed by atoms with Gasteiger partial charge in [0.1, 0.15) is 0 Å². The molecule has 0 radical (unpaired) electrons. The largest absolute Gasteiger partial charge is 0.469 e. The van der Waals surface area contributed by atoms with Gasteiger partial charge in [0.15, 0.2) is 0 Å². The molecule has 0 aliphatic heterocycles. The van der Waals surface area contributed by atoms with E-state index in [-0.39, 0.29) is 5.97 Å². The number of rotatable bonds is 3. The highest BCUT2D eigenvalue weighted by molar-refractivity contribution is 6.36. The summed E-state index contributed by atoms with van der Waals surface area (Å²) in [6.45, 7) is 1.88. The Kier molecular flexibility index (Phi) is 4.27. The molecule has 0 fully saturated rings. The summed E-state index contributed by atoms with van der Waals surface area (Å²) in [4.78, 5) is 15.7. The lowest BCUT2D eigenvalue weighted by atomic mass is 10.0. The van der Waals surface area contributed by atoms with Gasteiger partial charge in [0.2, 0.25) is 0 Å². The molecule has 1 aromatic heterocycles. The average Bonchev–Trinajstić information content (AvgIpc) is 2.36. The molecule has 3 nitrogen and oxygen atoms in total. The van der Waals surface area contributed by atoms with E-state index in [0.717, 1.165) is 22.2 Å². The summed E-state index contributed by atoms with van der Waals surface area (Å²) in [5, 5.41) is 2.00. The second kappa shape index (κ2) is 5.76.